The van der Waals surface area contributed by atoms with Crippen molar-refractivity contribution in [2.75, 3.05) is 17.1 Å². The molecule has 3 aromatic carbocycles. The van der Waals surface area contributed by atoms with Crippen LogP contribution >= 0.6 is 15.9 Å². The largest absolute Gasteiger partial charge is 0.493 e. The number of carbonyl (C=O) groups is 1. The molecule has 1 heterocycles. The van der Waals surface area contributed by atoms with Crippen LogP contribution in [0.2, 0.25) is 0 Å². The first-order valence-electron chi connectivity index (χ1n) is 11.4. The van der Waals surface area contributed by atoms with Gasteiger partial charge in [-0.25, -0.2) is 13.4 Å². The van der Waals surface area contributed by atoms with E-state index in [1.165, 1.54) is 36.5 Å². The number of aromatic nitrogens is 1. The van der Waals surface area contributed by atoms with E-state index in [1.54, 1.807) is 37.5 Å². The van der Waals surface area contributed by atoms with Crippen molar-refractivity contribution >= 4 is 49.4 Å². The summed E-state index contributed by atoms with van der Waals surface area (Å²) < 4.78 is 39.6. The summed E-state index contributed by atoms with van der Waals surface area (Å²) in [5.74, 6) is 0.915. The van der Waals surface area contributed by atoms with Crippen molar-refractivity contribution in [3.8, 4) is 11.5 Å². The number of sulfonamides is 1. The molecule has 1 aromatic heterocycles. The minimum absolute atomic E-state index is 0.0446. The van der Waals surface area contributed by atoms with Crippen molar-refractivity contribution in [2.24, 2.45) is 0 Å². The van der Waals surface area contributed by atoms with Gasteiger partial charge in [-0.2, -0.15) is 0 Å². The third-order valence-corrected chi connectivity index (χ3v) is 7.20. The van der Waals surface area contributed by atoms with Crippen LogP contribution < -0.4 is 19.5 Å². The van der Waals surface area contributed by atoms with Crippen LogP contribution in [-0.4, -0.2) is 26.4 Å². The molecule has 0 saturated carbocycles. The Bertz CT molecular complexity index is 1530. The SMILES string of the molecule is COc1cc(C=CC(=O)Nc2ccc(S(=O)(=O)Nc3ccccn3)cc2)cc(Br)c1OCc1ccccc1. The first-order chi connectivity index (χ1) is 18.3. The fraction of sp³-hybridized carbons (Fsp3) is 0.0714. The Morgan fingerprint density at radius 2 is 1.74 bits per heavy atom. The third kappa shape index (κ3) is 7.21. The van der Waals surface area contributed by atoms with Gasteiger partial charge in [0.1, 0.15) is 12.4 Å². The van der Waals surface area contributed by atoms with Crippen LogP contribution in [0.3, 0.4) is 0 Å². The highest BCUT2D eigenvalue weighted by molar-refractivity contribution is 9.10. The molecule has 0 bridgehead atoms. The molecule has 0 aliphatic rings. The number of hydrogen-bond donors (Lipinski definition) is 2. The zero-order chi connectivity index (χ0) is 27.0. The molecule has 194 valence electrons. The van der Waals surface area contributed by atoms with Crippen LogP contribution in [-0.2, 0) is 21.4 Å². The minimum atomic E-state index is -3.80. The summed E-state index contributed by atoms with van der Waals surface area (Å²) in [6.45, 7) is 0.382. The number of anilines is 2. The van der Waals surface area contributed by atoms with Crippen molar-refractivity contribution in [3.63, 3.8) is 0 Å². The van der Waals surface area contributed by atoms with Gasteiger partial charge in [0.15, 0.2) is 11.5 Å². The van der Waals surface area contributed by atoms with E-state index in [0.29, 0.717) is 28.3 Å². The molecule has 0 saturated heterocycles. The lowest BCUT2D eigenvalue weighted by Gasteiger charge is -2.13. The lowest BCUT2D eigenvalue weighted by molar-refractivity contribution is -0.111. The molecule has 0 radical (unpaired) electrons. The summed E-state index contributed by atoms with van der Waals surface area (Å²) in [6.07, 6.45) is 4.51. The average Bonchev–Trinajstić information content (AvgIpc) is 2.92. The standard InChI is InChI=1S/C28H24BrN3O5S/c1-36-25-18-21(17-24(29)28(25)37-19-20-7-3-2-4-8-20)10-15-27(33)31-22-11-13-23(14-12-22)38(34,35)32-26-9-5-6-16-30-26/h2-18H,19H2,1H3,(H,30,32)(H,31,33). The number of carbonyl (C=O) groups excluding carboxylic acids is 1. The summed E-state index contributed by atoms with van der Waals surface area (Å²) in [5.41, 5.74) is 2.19. The zero-order valence-corrected chi connectivity index (χ0v) is 22.7. The summed E-state index contributed by atoms with van der Waals surface area (Å²) in [5, 5.41) is 2.71. The first-order valence-corrected chi connectivity index (χ1v) is 13.7. The lowest BCUT2D eigenvalue weighted by Crippen LogP contribution is -2.14. The number of pyridine rings is 1. The molecule has 8 nitrogen and oxygen atoms in total. The van der Waals surface area contributed by atoms with Gasteiger partial charge in [0.25, 0.3) is 10.0 Å². The fourth-order valence-electron chi connectivity index (χ4n) is 3.40. The van der Waals surface area contributed by atoms with Gasteiger partial charge in [-0.3, -0.25) is 9.52 Å². The van der Waals surface area contributed by atoms with Crippen LogP contribution in [0.5, 0.6) is 11.5 Å². The number of nitrogens with one attached hydrogen (secondary N) is 2. The molecular formula is C28H24BrN3O5S. The zero-order valence-electron chi connectivity index (χ0n) is 20.3. The number of amides is 1. The highest BCUT2D eigenvalue weighted by atomic mass is 79.9. The third-order valence-electron chi connectivity index (χ3n) is 5.24. The normalized spacial score (nSPS) is 11.2. The molecular weight excluding hydrogens is 570 g/mol. The first kappa shape index (κ1) is 26.9. The molecule has 4 rings (SSSR count). The van der Waals surface area contributed by atoms with E-state index in [-0.39, 0.29) is 16.6 Å². The second-order valence-corrected chi connectivity index (χ2v) is 10.5. The molecule has 10 heteroatoms. The monoisotopic (exact) mass is 593 g/mol. The van der Waals surface area contributed by atoms with Gasteiger partial charge in [0.2, 0.25) is 5.91 Å². The molecule has 38 heavy (non-hydrogen) atoms. The minimum Gasteiger partial charge on any atom is -0.493 e. The van der Waals surface area contributed by atoms with Crippen molar-refractivity contribution < 1.29 is 22.7 Å². The average molecular weight is 594 g/mol. The van der Waals surface area contributed by atoms with E-state index >= 15 is 0 Å². The predicted molar refractivity (Wildman–Crippen MR) is 151 cm³/mol. The van der Waals surface area contributed by atoms with Crippen molar-refractivity contribution in [3.05, 3.63) is 113 Å². The van der Waals surface area contributed by atoms with Gasteiger partial charge >= 0.3 is 0 Å². The second kappa shape index (κ2) is 12.4. The molecule has 0 aliphatic heterocycles. The quantitative estimate of drug-likeness (QED) is 0.222. The lowest BCUT2D eigenvalue weighted by atomic mass is 10.2. The molecule has 1 amide bonds. The Labute approximate surface area is 229 Å². The predicted octanol–water partition coefficient (Wildman–Crippen LogP) is 5.88. The van der Waals surface area contributed by atoms with Gasteiger partial charge in [0, 0.05) is 18.0 Å². The van der Waals surface area contributed by atoms with Crippen LogP contribution in [0.15, 0.2) is 107 Å². The Hall–Kier alpha value is -4.15. The summed E-state index contributed by atoms with van der Waals surface area (Å²) in [7, 11) is -2.26. The summed E-state index contributed by atoms with van der Waals surface area (Å²) >= 11 is 3.52. The highest BCUT2D eigenvalue weighted by Gasteiger charge is 2.15. The van der Waals surface area contributed by atoms with E-state index in [0.717, 1.165) is 11.1 Å². The molecule has 0 spiro atoms. The molecule has 0 fully saturated rings. The van der Waals surface area contributed by atoms with E-state index < -0.39 is 10.0 Å². The second-order valence-electron chi connectivity index (χ2n) is 7.98. The van der Waals surface area contributed by atoms with E-state index in [2.05, 4.69) is 31.0 Å². The molecule has 0 atom stereocenters. The molecule has 2 N–H and O–H groups in total. The van der Waals surface area contributed by atoms with Gasteiger partial charge < -0.3 is 14.8 Å². The van der Waals surface area contributed by atoms with Gasteiger partial charge in [-0.15, -0.1) is 0 Å². The van der Waals surface area contributed by atoms with Crippen molar-refractivity contribution in [1.29, 1.82) is 0 Å². The maximum atomic E-state index is 12.5. The summed E-state index contributed by atoms with van der Waals surface area (Å²) in [4.78, 5) is 16.5. The van der Waals surface area contributed by atoms with E-state index in [4.69, 9.17) is 9.47 Å². The van der Waals surface area contributed by atoms with Crippen molar-refractivity contribution in [2.45, 2.75) is 11.5 Å². The number of hydrogen-bond acceptors (Lipinski definition) is 6. The van der Waals surface area contributed by atoms with Gasteiger partial charge in [-0.1, -0.05) is 36.4 Å². The number of methoxy groups -OCH3 is 1. The number of nitrogens with zero attached hydrogens (tertiary/aromatic N) is 1. The smallest absolute Gasteiger partial charge is 0.263 e. The molecule has 0 aliphatic carbocycles. The van der Waals surface area contributed by atoms with Crippen LogP contribution in [0, 0.1) is 0 Å². The van der Waals surface area contributed by atoms with Crippen molar-refractivity contribution in [1.82, 2.24) is 4.98 Å². The molecule has 0 unspecified atom stereocenters. The van der Waals surface area contributed by atoms with Crippen LogP contribution in [0.25, 0.3) is 6.08 Å². The topological polar surface area (TPSA) is 107 Å². The Morgan fingerprint density at radius 3 is 2.42 bits per heavy atom. The van der Waals surface area contributed by atoms with Crippen LogP contribution in [0.1, 0.15) is 11.1 Å². The Morgan fingerprint density at radius 1 is 1.00 bits per heavy atom. The number of rotatable bonds is 10. The highest BCUT2D eigenvalue weighted by Crippen LogP contribution is 2.37. The Balaban J connectivity index is 1.38. The van der Waals surface area contributed by atoms with E-state index in [9.17, 15) is 13.2 Å². The fourth-order valence-corrected chi connectivity index (χ4v) is 4.98. The number of ether oxygens (including phenoxy) is 2. The Kier molecular flexibility index (Phi) is 8.77. The number of halogens is 1. The van der Waals surface area contributed by atoms with Gasteiger partial charge in [0.05, 0.1) is 16.5 Å². The molecule has 4 aromatic rings. The maximum absolute atomic E-state index is 12.5. The summed E-state index contributed by atoms with van der Waals surface area (Å²) in [6, 6.07) is 24.1. The number of benzene rings is 3. The van der Waals surface area contributed by atoms with Crippen LogP contribution in [0.4, 0.5) is 11.5 Å². The maximum Gasteiger partial charge on any atom is 0.263 e. The van der Waals surface area contributed by atoms with Gasteiger partial charge in [-0.05, 0) is 81.7 Å². The van der Waals surface area contributed by atoms with E-state index in [1.807, 2.05) is 36.4 Å².